The Balaban J connectivity index is 1.63. The normalized spacial score (nSPS) is 42.6. The number of methoxy groups -OCH3 is 2. The molecular formula is C25H33NO4. The van der Waals surface area contributed by atoms with Crippen molar-refractivity contribution in [2.24, 2.45) is 11.3 Å². The lowest BCUT2D eigenvalue weighted by atomic mass is 9.34. The van der Waals surface area contributed by atoms with Crippen molar-refractivity contribution in [1.82, 2.24) is 4.90 Å². The minimum absolute atomic E-state index is 0.0705. The van der Waals surface area contributed by atoms with Crippen LogP contribution in [0.5, 0.6) is 11.5 Å². The first-order valence-corrected chi connectivity index (χ1v) is 11.6. The molecule has 7 rings (SSSR count). The molecule has 5 nitrogen and oxygen atoms in total. The third-order valence-electron chi connectivity index (χ3n) is 9.72. The van der Waals surface area contributed by atoms with Gasteiger partial charge in [-0.3, -0.25) is 4.79 Å². The van der Waals surface area contributed by atoms with Crippen molar-refractivity contribution >= 4 is 5.78 Å². The number of fused-ring (bicyclic) bond motifs is 2. The average molecular weight is 412 g/mol. The highest BCUT2D eigenvalue weighted by Gasteiger charge is 2.81. The molecule has 2 heterocycles. The molecule has 1 aromatic rings. The van der Waals surface area contributed by atoms with E-state index in [1.54, 1.807) is 14.2 Å². The van der Waals surface area contributed by atoms with E-state index < -0.39 is 5.60 Å². The minimum atomic E-state index is -0.535. The summed E-state index contributed by atoms with van der Waals surface area (Å²) >= 11 is 0. The van der Waals surface area contributed by atoms with E-state index in [0.29, 0.717) is 18.2 Å². The largest absolute Gasteiger partial charge is 0.493 e. The Labute approximate surface area is 179 Å². The van der Waals surface area contributed by atoms with Crippen LogP contribution in [0.25, 0.3) is 0 Å². The Morgan fingerprint density at radius 2 is 2.10 bits per heavy atom. The third-order valence-corrected chi connectivity index (χ3v) is 9.72. The fourth-order valence-corrected chi connectivity index (χ4v) is 8.62. The summed E-state index contributed by atoms with van der Waals surface area (Å²) in [6, 6.07) is 4.78. The first kappa shape index (κ1) is 19.1. The molecule has 162 valence electrons. The van der Waals surface area contributed by atoms with Gasteiger partial charge in [0.15, 0.2) is 11.5 Å². The molecule has 6 aliphatic rings. The van der Waals surface area contributed by atoms with Crippen LogP contribution < -0.4 is 9.47 Å². The van der Waals surface area contributed by atoms with Gasteiger partial charge in [-0.15, -0.1) is 0 Å². The summed E-state index contributed by atoms with van der Waals surface area (Å²) < 4.78 is 19.0. The second-order valence-electron chi connectivity index (χ2n) is 10.3. The zero-order valence-electron chi connectivity index (χ0n) is 18.6. The molecule has 1 aromatic carbocycles. The van der Waals surface area contributed by atoms with Crippen LogP contribution in [-0.2, 0) is 21.4 Å². The van der Waals surface area contributed by atoms with Crippen molar-refractivity contribution in [2.75, 3.05) is 27.8 Å². The summed E-state index contributed by atoms with van der Waals surface area (Å²) in [5.41, 5.74) is 2.26. The van der Waals surface area contributed by atoms with Crippen LogP contribution in [0, 0.1) is 11.3 Å². The highest BCUT2D eigenvalue weighted by Crippen LogP contribution is 2.76. The molecule has 4 fully saturated rings. The third kappa shape index (κ3) is 1.83. The fraction of sp³-hybridized carbons (Fsp3) is 0.720. The first-order chi connectivity index (χ1) is 14.5. The maximum absolute atomic E-state index is 13.4. The summed E-state index contributed by atoms with van der Waals surface area (Å²) in [4.78, 5) is 16.0. The van der Waals surface area contributed by atoms with Gasteiger partial charge < -0.3 is 19.1 Å². The molecule has 5 heteroatoms. The summed E-state index contributed by atoms with van der Waals surface area (Å²) in [6.45, 7) is 3.16. The van der Waals surface area contributed by atoms with Gasteiger partial charge in [0.2, 0.25) is 0 Å². The number of likely N-dealkylation sites (N-methyl/N-ethyl adjacent to an activating group) is 1. The fourth-order valence-electron chi connectivity index (χ4n) is 8.62. The van der Waals surface area contributed by atoms with Gasteiger partial charge in [-0.1, -0.05) is 13.0 Å². The highest BCUT2D eigenvalue weighted by atomic mass is 16.6. The number of nitrogens with zero attached hydrogens (tertiary/aromatic N) is 1. The number of ether oxygens (including phenoxy) is 3. The molecule has 0 amide bonds. The summed E-state index contributed by atoms with van der Waals surface area (Å²) in [5, 5.41) is 0. The van der Waals surface area contributed by atoms with E-state index in [2.05, 4.69) is 31.0 Å². The van der Waals surface area contributed by atoms with Gasteiger partial charge in [0.25, 0.3) is 0 Å². The van der Waals surface area contributed by atoms with Crippen molar-refractivity contribution in [2.45, 2.75) is 75.0 Å². The zero-order chi connectivity index (χ0) is 20.9. The number of hydrogen-bond donors (Lipinski definition) is 0. The summed E-state index contributed by atoms with van der Waals surface area (Å²) in [6.07, 6.45) is 6.48. The van der Waals surface area contributed by atoms with Crippen LogP contribution in [-0.4, -0.2) is 56.2 Å². The lowest BCUT2D eigenvalue weighted by Gasteiger charge is -2.73. The number of rotatable bonds is 5. The number of likely N-dealkylation sites (tertiary alicyclic amines) is 1. The number of hydrogen-bond acceptors (Lipinski definition) is 5. The molecule has 1 unspecified atom stereocenters. The minimum Gasteiger partial charge on any atom is -0.493 e. The van der Waals surface area contributed by atoms with E-state index in [9.17, 15) is 4.79 Å². The topological polar surface area (TPSA) is 48.0 Å². The van der Waals surface area contributed by atoms with Gasteiger partial charge in [0.05, 0.1) is 13.0 Å². The van der Waals surface area contributed by atoms with E-state index >= 15 is 0 Å². The van der Waals surface area contributed by atoms with Gasteiger partial charge in [-0.2, -0.15) is 0 Å². The summed E-state index contributed by atoms with van der Waals surface area (Å²) in [5.74, 6) is 2.04. The molecule has 4 aliphatic carbocycles. The van der Waals surface area contributed by atoms with E-state index in [0.717, 1.165) is 56.6 Å². The molecular weight excluding hydrogens is 378 g/mol. The SMILES string of the molecule is CCCC(=O)C1C[C@@]23CC[C@@]1(OC)[C@@H]1Oc4c(OC)ccc5c4[C@@]12CCN(C)[C@@H]3C5. The molecule has 30 heavy (non-hydrogen) atoms. The first-order valence-electron chi connectivity index (χ1n) is 11.6. The smallest absolute Gasteiger partial charge is 0.165 e. The standard InChI is InChI=1S/C25H33NO4/c1-5-6-17(27)16-14-23-9-10-25(16,29-4)22-24(23)11-12-26(2)19(23)13-15-7-8-18(28-3)21(30-22)20(15)24/h7-8,16,19,22H,5-6,9-14H2,1-4H3/t16?,19-,22-,23-,24+,25+/m1/s1. The van der Waals surface area contributed by atoms with Crippen molar-refractivity contribution in [3.05, 3.63) is 23.3 Å². The van der Waals surface area contributed by atoms with E-state index in [4.69, 9.17) is 14.2 Å². The second-order valence-corrected chi connectivity index (χ2v) is 10.3. The molecule has 6 atom stereocenters. The van der Waals surface area contributed by atoms with Crippen LogP contribution >= 0.6 is 0 Å². The molecule has 0 aromatic heterocycles. The van der Waals surface area contributed by atoms with Crippen LogP contribution in [0.1, 0.15) is 56.6 Å². The Morgan fingerprint density at radius 1 is 1.27 bits per heavy atom. The van der Waals surface area contributed by atoms with Gasteiger partial charge in [-0.25, -0.2) is 0 Å². The van der Waals surface area contributed by atoms with Crippen molar-refractivity contribution in [1.29, 1.82) is 0 Å². The lowest BCUT2D eigenvalue weighted by Crippen LogP contribution is -2.81. The van der Waals surface area contributed by atoms with Crippen LogP contribution in [0.3, 0.4) is 0 Å². The van der Waals surface area contributed by atoms with Crippen molar-refractivity contribution in [3.8, 4) is 11.5 Å². The number of piperidine rings is 1. The number of ketones is 1. The lowest BCUT2D eigenvalue weighted by molar-refractivity contribution is -0.270. The predicted molar refractivity (Wildman–Crippen MR) is 113 cm³/mol. The molecule has 0 N–H and O–H groups in total. The van der Waals surface area contributed by atoms with Gasteiger partial charge in [0.1, 0.15) is 17.5 Å². The maximum atomic E-state index is 13.4. The molecule has 2 spiro atoms. The predicted octanol–water partition coefficient (Wildman–Crippen LogP) is 3.51. The Bertz CT molecular complexity index is 930. The Hall–Kier alpha value is -1.59. The van der Waals surface area contributed by atoms with Crippen molar-refractivity contribution in [3.63, 3.8) is 0 Å². The summed E-state index contributed by atoms with van der Waals surface area (Å²) in [7, 11) is 5.81. The molecule has 2 aliphatic heterocycles. The van der Waals surface area contributed by atoms with Crippen LogP contribution in [0.4, 0.5) is 0 Å². The average Bonchev–Trinajstić information content (AvgIpc) is 3.13. The van der Waals surface area contributed by atoms with Crippen LogP contribution in [0.15, 0.2) is 12.1 Å². The maximum Gasteiger partial charge on any atom is 0.165 e. The number of carbonyl (C=O) groups excluding carboxylic acids is 1. The molecule has 4 bridgehead atoms. The molecule has 1 saturated heterocycles. The van der Waals surface area contributed by atoms with E-state index in [-0.39, 0.29) is 22.9 Å². The second kappa shape index (κ2) is 6.01. The number of carbonyl (C=O) groups is 1. The van der Waals surface area contributed by atoms with Gasteiger partial charge >= 0.3 is 0 Å². The highest BCUT2D eigenvalue weighted by molar-refractivity contribution is 5.83. The van der Waals surface area contributed by atoms with E-state index in [1.165, 1.54) is 11.1 Å². The van der Waals surface area contributed by atoms with Crippen molar-refractivity contribution < 1.29 is 19.0 Å². The van der Waals surface area contributed by atoms with E-state index in [1.807, 2.05) is 0 Å². The monoisotopic (exact) mass is 411 g/mol. The molecule has 3 saturated carbocycles. The number of Topliss-reactive ketones (excluding diaryl/α,β-unsaturated/α-hetero) is 1. The zero-order valence-corrected chi connectivity index (χ0v) is 18.6. The Morgan fingerprint density at radius 3 is 2.83 bits per heavy atom. The number of benzene rings is 1. The molecule has 0 radical (unpaired) electrons. The Kier molecular flexibility index (Phi) is 3.83. The van der Waals surface area contributed by atoms with Gasteiger partial charge in [0, 0.05) is 36.0 Å². The quantitative estimate of drug-likeness (QED) is 0.742. The van der Waals surface area contributed by atoms with Gasteiger partial charge in [-0.05, 0) is 63.7 Å². The van der Waals surface area contributed by atoms with Crippen LogP contribution in [0.2, 0.25) is 0 Å².